The fraction of sp³-hybridized carbons (Fsp3) is 0.308. The van der Waals surface area contributed by atoms with Gasteiger partial charge in [-0.05, 0) is 43.4 Å². The van der Waals surface area contributed by atoms with Gasteiger partial charge < -0.3 is 4.90 Å². The van der Waals surface area contributed by atoms with E-state index in [9.17, 15) is 0 Å². The molecule has 5 aromatic rings. The van der Waals surface area contributed by atoms with Gasteiger partial charge in [-0.1, -0.05) is 36.4 Å². The molecule has 5 heterocycles. The highest BCUT2D eigenvalue weighted by Gasteiger charge is 2.31. The molecule has 0 bridgehead atoms. The van der Waals surface area contributed by atoms with Gasteiger partial charge in [0.25, 0.3) is 0 Å². The van der Waals surface area contributed by atoms with Gasteiger partial charge in [0.1, 0.15) is 22.3 Å². The number of hydrogen-bond donors (Lipinski definition) is 0. The van der Waals surface area contributed by atoms with Crippen LogP contribution in [0.5, 0.6) is 0 Å². The van der Waals surface area contributed by atoms with Gasteiger partial charge in [0.05, 0.1) is 5.39 Å². The summed E-state index contributed by atoms with van der Waals surface area (Å²) < 4.78 is 2.14. The molecule has 7 rings (SSSR count). The minimum Gasteiger partial charge on any atom is -0.356 e. The fourth-order valence-corrected chi connectivity index (χ4v) is 5.96. The zero-order valence-corrected chi connectivity index (χ0v) is 19.1. The molecule has 0 radical (unpaired) electrons. The van der Waals surface area contributed by atoms with Gasteiger partial charge >= 0.3 is 0 Å². The molecule has 1 saturated heterocycles. The molecule has 0 unspecified atom stereocenters. The molecular weight excluding hydrogens is 428 g/mol. The summed E-state index contributed by atoms with van der Waals surface area (Å²) in [6.07, 6.45) is 6.59. The van der Waals surface area contributed by atoms with Crippen molar-refractivity contribution < 1.29 is 0 Å². The van der Waals surface area contributed by atoms with Crippen molar-refractivity contribution >= 4 is 33.0 Å². The second-order valence-corrected chi connectivity index (χ2v) is 9.98. The maximum absolute atomic E-state index is 5.17. The van der Waals surface area contributed by atoms with E-state index in [1.807, 2.05) is 18.2 Å². The Bertz CT molecular complexity index is 1440. The highest BCUT2D eigenvalue weighted by molar-refractivity contribution is 7.17. The zero-order chi connectivity index (χ0) is 21.8. The molecule has 0 spiro atoms. The Morgan fingerprint density at radius 3 is 2.45 bits per heavy atom. The summed E-state index contributed by atoms with van der Waals surface area (Å²) in [6.45, 7) is 1.93. The number of thiophene rings is 1. The Hall–Kier alpha value is -3.32. The number of pyridine rings is 1. The zero-order valence-electron chi connectivity index (χ0n) is 18.3. The summed E-state index contributed by atoms with van der Waals surface area (Å²) in [5.41, 5.74) is 3.41. The lowest BCUT2D eigenvalue weighted by Crippen LogP contribution is -2.34. The number of benzene rings is 1. The number of nitrogens with zero attached hydrogens (tertiary/aromatic N) is 6. The fourth-order valence-electron chi connectivity index (χ4n) is 5.01. The molecule has 1 aromatic carbocycles. The van der Waals surface area contributed by atoms with E-state index < -0.39 is 0 Å². The predicted molar refractivity (Wildman–Crippen MR) is 132 cm³/mol. The van der Waals surface area contributed by atoms with E-state index in [2.05, 4.69) is 61.4 Å². The van der Waals surface area contributed by atoms with Gasteiger partial charge in [0.2, 0.25) is 0 Å². The van der Waals surface area contributed by atoms with Crippen LogP contribution in [0.25, 0.3) is 27.0 Å². The molecule has 6 nitrogen and oxygen atoms in total. The van der Waals surface area contributed by atoms with Crippen LogP contribution in [0.15, 0.2) is 60.1 Å². The summed E-state index contributed by atoms with van der Waals surface area (Å²) in [5.74, 6) is 4.18. The van der Waals surface area contributed by atoms with Crippen LogP contribution in [0.4, 0.5) is 5.82 Å². The topological polar surface area (TPSA) is 59.2 Å². The number of hydrogen-bond acceptors (Lipinski definition) is 6. The maximum atomic E-state index is 5.17. The van der Waals surface area contributed by atoms with Crippen molar-refractivity contribution in [1.29, 1.82) is 0 Å². The van der Waals surface area contributed by atoms with Crippen LogP contribution in [-0.4, -0.2) is 37.7 Å². The SMILES string of the molecule is c1ccc(-c2csc3nc(C4CC4)nc(N4CCC(c5nnc6ccccn56)CC4)c23)cc1. The first-order chi connectivity index (χ1) is 16.3. The van der Waals surface area contributed by atoms with Gasteiger partial charge in [-0.3, -0.25) is 4.40 Å². The lowest BCUT2D eigenvalue weighted by Gasteiger charge is -2.32. The Labute approximate surface area is 196 Å². The third-order valence-corrected chi connectivity index (χ3v) is 7.83. The number of anilines is 1. The number of rotatable bonds is 4. The summed E-state index contributed by atoms with van der Waals surface area (Å²) in [5, 5.41) is 12.4. The molecule has 2 fully saturated rings. The Morgan fingerprint density at radius 1 is 0.818 bits per heavy atom. The average molecular weight is 453 g/mol. The standard InChI is InChI=1S/C26H24N6S/c1-2-6-17(7-3-1)20-16-33-26-22(20)25(27-23(28-26)18-9-10-18)31-14-11-19(12-15-31)24-30-29-21-8-4-5-13-32(21)24/h1-8,13,16,18-19H,9-12,14-15H2. The molecule has 0 N–H and O–H groups in total. The Kier molecular flexibility index (Phi) is 4.43. The minimum atomic E-state index is 0.412. The van der Waals surface area contributed by atoms with E-state index in [1.165, 1.54) is 29.4 Å². The van der Waals surface area contributed by atoms with Crippen molar-refractivity contribution in [3.8, 4) is 11.1 Å². The van der Waals surface area contributed by atoms with E-state index in [0.29, 0.717) is 11.8 Å². The monoisotopic (exact) mass is 452 g/mol. The summed E-state index contributed by atoms with van der Waals surface area (Å²) in [4.78, 5) is 13.8. The predicted octanol–water partition coefficient (Wildman–Crippen LogP) is 5.66. The molecular formula is C26H24N6S. The largest absolute Gasteiger partial charge is 0.356 e. The number of fused-ring (bicyclic) bond motifs is 2. The highest BCUT2D eigenvalue weighted by Crippen LogP contribution is 2.44. The first-order valence-electron chi connectivity index (χ1n) is 11.7. The molecule has 2 aliphatic rings. The molecule has 7 heteroatoms. The molecule has 1 aliphatic carbocycles. The third-order valence-electron chi connectivity index (χ3n) is 6.96. The molecule has 1 saturated carbocycles. The van der Waals surface area contributed by atoms with Gasteiger partial charge in [-0.25, -0.2) is 9.97 Å². The third kappa shape index (κ3) is 3.30. The average Bonchev–Trinajstić information content (AvgIpc) is 3.50. The van der Waals surface area contributed by atoms with E-state index in [1.54, 1.807) is 11.3 Å². The van der Waals surface area contributed by atoms with Crippen LogP contribution < -0.4 is 4.90 Å². The van der Waals surface area contributed by atoms with Gasteiger partial charge in [0, 0.05) is 42.1 Å². The van der Waals surface area contributed by atoms with Crippen molar-refractivity contribution in [2.24, 2.45) is 0 Å². The number of piperidine rings is 1. The van der Waals surface area contributed by atoms with Crippen molar-refractivity contribution in [3.05, 3.63) is 71.8 Å². The highest BCUT2D eigenvalue weighted by atomic mass is 32.1. The van der Waals surface area contributed by atoms with Crippen LogP contribution in [0.2, 0.25) is 0 Å². The van der Waals surface area contributed by atoms with E-state index in [-0.39, 0.29) is 0 Å². The molecule has 0 amide bonds. The lowest BCUT2D eigenvalue weighted by molar-refractivity contribution is 0.480. The van der Waals surface area contributed by atoms with Gasteiger partial charge in [-0.2, -0.15) is 0 Å². The lowest BCUT2D eigenvalue weighted by atomic mass is 9.95. The molecule has 4 aromatic heterocycles. The van der Waals surface area contributed by atoms with E-state index >= 15 is 0 Å². The van der Waals surface area contributed by atoms with Crippen molar-refractivity contribution in [2.45, 2.75) is 37.5 Å². The van der Waals surface area contributed by atoms with Crippen molar-refractivity contribution in [3.63, 3.8) is 0 Å². The smallest absolute Gasteiger partial charge is 0.160 e. The molecule has 1 aliphatic heterocycles. The quantitative estimate of drug-likeness (QED) is 0.352. The van der Waals surface area contributed by atoms with Crippen LogP contribution in [0.1, 0.15) is 49.2 Å². The van der Waals surface area contributed by atoms with Gasteiger partial charge in [0.15, 0.2) is 5.65 Å². The second-order valence-electron chi connectivity index (χ2n) is 9.12. The van der Waals surface area contributed by atoms with Crippen LogP contribution in [0.3, 0.4) is 0 Å². The molecule has 33 heavy (non-hydrogen) atoms. The Balaban J connectivity index is 1.25. The summed E-state index contributed by atoms with van der Waals surface area (Å²) in [7, 11) is 0. The maximum Gasteiger partial charge on any atom is 0.160 e. The molecule has 0 atom stereocenters. The van der Waals surface area contributed by atoms with Gasteiger partial charge in [-0.15, -0.1) is 21.5 Å². The minimum absolute atomic E-state index is 0.412. The van der Waals surface area contributed by atoms with Crippen LogP contribution in [-0.2, 0) is 0 Å². The first kappa shape index (κ1) is 19.2. The number of aromatic nitrogens is 5. The Morgan fingerprint density at radius 2 is 1.64 bits per heavy atom. The first-order valence-corrected chi connectivity index (χ1v) is 12.6. The summed E-state index contributed by atoms with van der Waals surface area (Å²) in [6, 6.07) is 16.7. The van der Waals surface area contributed by atoms with Crippen LogP contribution in [0, 0.1) is 0 Å². The van der Waals surface area contributed by atoms with Crippen LogP contribution >= 0.6 is 11.3 Å². The van der Waals surface area contributed by atoms with Crippen molar-refractivity contribution in [1.82, 2.24) is 24.6 Å². The van der Waals surface area contributed by atoms with E-state index in [0.717, 1.165) is 53.9 Å². The van der Waals surface area contributed by atoms with Crippen molar-refractivity contribution in [2.75, 3.05) is 18.0 Å². The summed E-state index contributed by atoms with van der Waals surface area (Å²) >= 11 is 1.75. The second kappa shape index (κ2) is 7.63. The van der Waals surface area contributed by atoms with E-state index in [4.69, 9.17) is 9.97 Å². The molecule has 164 valence electrons. The normalized spacial score (nSPS) is 17.3.